The largest absolute Gasteiger partial charge is 0.430 e. The Labute approximate surface area is 263 Å². The second kappa shape index (κ2) is 12.9. The summed E-state index contributed by atoms with van der Waals surface area (Å²) in [5.74, 6) is -0.645. The summed E-state index contributed by atoms with van der Waals surface area (Å²) >= 11 is 6.65. The Morgan fingerprint density at radius 1 is 1.00 bits per heavy atom. The summed E-state index contributed by atoms with van der Waals surface area (Å²) in [6.07, 6.45) is 7.36. The molecule has 4 aliphatic rings. The zero-order chi connectivity index (χ0) is 31.7. The van der Waals surface area contributed by atoms with Crippen LogP contribution >= 0.6 is 11.6 Å². The van der Waals surface area contributed by atoms with Gasteiger partial charge in [-0.25, -0.2) is 0 Å². The highest BCUT2D eigenvalue weighted by Crippen LogP contribution is 2.52. The summed E-state index contributed by atoms with van der Waals surface area (Å²) in [6, 6.07) is 5.71. The van der Waals surface area contributed by atoms with Crippen LogP contribution < -0.4 is 4.90 Å². The molecule has 1 saturated carbocycles. The lowest BCUT2D eigenvalue weighted by atomic mass is 9.78. The lowest BCUT2D eigenvalue weighted by Gasteiger charge is -2.42. The number of likely N-dealkylation sites (tertiary alicyclic amines) is 2. The fourth-order valence-corrected chi connectivity index (χ4v) is 7.64. The number of halogens is 4. The van der Waals surface area contributed by atoms with E-state index in [0.717, 1.165) is 68.2 Å². The summed E-state index contributed by atoms with van der Waals surface area (Å²) in [7, 11) is 0. The van der Waals surface area contributed by atoms with Crippen molar-refractivity contribution >= 4 is 29.1 Å². The van der Waals surface area contributed by atoms with Gasteiger partial charge in [-0.05, 0) is 93.7 Å². The molecular formula is C34H43ClF3N3O3. The van der Waals surface area contributed by atoms with Crippen LogP contribution in [0.5, 0.6) is 0 Å². The Bertz CT molecular complexity index is 1310. The van der Waals surface area contributed by atoms with E-state index >= 15 is 0 Å². The van der Waals surface area contributed by atoms with E-state index in [4.69, 9.17) is 11.6 Å². The van der Waals surface area contributed by atoms with E-state index in [9.17, 15) is 27.9 Å². The van der Waals surface area contributed by atoms with Gasteiger partial charge in [0, 0.05) is 50.5 Å². The van der Waals surface area contributed by atoms with Gasteiger partial charge in [-0.2, -0.15) is 13.2 Å². The third kappa shape index (κ3) is 6.45. The Kier molecular flexibility index (Phi) is 9.57. The molecule has 10 heteroatoms. The second-order valence-corrected chi connectivity index (χ2v) is 13.4. The highest BCUT2D eigenvalue weighted by Gasteiger charge is 2.62. The number of piperidine rings is 3. The van der Waals surface area contributed by atoms with Crippen LogP contribution in [0, 0.1) is 17.3 Å². The molecule has 6 nitrogen and oxygen atoms in total. The van der Waals surface area contributed by atoms with Gasteiger partial charge in [0.2, 0.25) is 0 Å². The number of amides is 2. The Morgan fingerprint density at radius 2 is 1.64 bits per heavy atom. The van der Waals surface area contributed by atoms with Gasteiger partial charge in [-0.15, -0.1) is 0 Å². The molecule has 1 aromatic rings. The van der Waals surface area contributed by atoms with E-state index in [1.165, 1.54) is 31.4 Å². The zero-order valence-electron chi connectivity index (χ0n) is 25.4. The molecular weight excluding hydrogens is 591 g/mol. The second-order valence-electron chi connectivity index (χ2n) is 13.0. The van der Waals surface area contributed by atoms with Gasteiger partial charge in [0.15, 0.2) is 0 Å². The first-order valence-corrected chi connectivity index (χ1v) is 16.2. The lowest BCUT2D eigenvalue weighted by molar-refractivity contribution is -0.242. The summed E-state index contributed by atoms with van der Waals surface area (Å²) in [5.41, 5.74) is -2.33. The number of benzene rings is 1. The third-order valence-electron chi connectivity index (χ3n) is 10.3. The van der Waals surface area contributed by atoms with Crippen LogP contribution in [0.1, 0.15) is 68.6 Å². The molecule has 3 heterocycles. The van der Waals surface area contributed by atoms with Crippen molar-refractivity contribution in [3.8, 4) is 0 Å². The van der Waals surface area contributed by atoms with E-state index in [1.807, 2.05) is 23.1 Å². The molecule has 0 radical (unpaired) electrons. The first-order valence-electron chi connectivity index (χ1n) is 15.8. The van der Waals surface area contributed by atoms with E-state index in [0.29, 0.717) is 40.7 Å². The molecule has 44 heavy (non-hydrogen) atoms. The molecule has 1 aromatic carbocycles. The number of hydrogen-bond acceptors (Lipinski definition) is 4. The van der Waals surface area contributed by atoms with Crippen molar-refractivity contribution in [1.29, 1.82) is 0 Å². The number of nitrogens with zero attached hydrogens (tertiary/aromatic N) is 3. The highest BCUT2D eigenvalue weighted by molar-refractivity contribution is 6.34. The number of anilines is 1. The van der Waals surface area contributed by atoms with Gasteiger partial charge in [-0.1, -0.05) is 42.5 Å². The molecule has 0 unspecified atom stereocenters. The molecule has 5 rings (SSSR count). The molecule has 4 fully saturated rings. The van der Waals surface area contributed by atoms with Crippen LogP contribution in [-0.4, -0.2) is 77.8 Å². The average Bonchev–Trinajstić information content (AvgIpc) is 3.77. The van der Waals surface area contributed by atoms with Crippen molar-refractivity contribution in [2.45, 2.75) is 70.1 Å². The Balaban J connectivity index is 1.15. The predicted molar refractivity (Wildman–Crippen MR) is 167 cm³/mol. The number of carbonyl (C=O) groups is 2. The van der Waals surface area contributed by atoms with Crippen LogP contribution in [0.4, 0.5) is 18.9 Å². The van der Waals surface area contributed by atoms with Gasteiger partial charge in [-0.3, -0.25) is 9.59 Å². The molecule has 1 N–H and O–H groups in total. The predicted octanol–water partition coefficient (Wildman–Crippen LogP) is 6.79. The fourth-order valence-electron chi connectivity index (χ4n) is 7.39. The molecule has 1 spiro atoms. The highest BCUT2D eigenvalue weighted by atomic mass is 35.5. The lowest BCUT2D eigenvalue weighted by Crippen LogP contribution is -2.60. The quantitative estimate of drug-likeness (QED) is 0.336. The molecule has 3 aliphatic heterocycles. The molecule has 1 atom stereocenters. The van der Waals surface area contributed by atoms with Crippen molar-refractivity contribution in [2.75, 3.05) is 44.2 Å². The molecule has 240 valence electrons. The number of allylic oxidation sites excluding steroid dienone is 3. The first kappa shape index (κ1) is 32.6. The van der Waals surface area contributed by atoms with Crippen LogP contribution in [-0.2, 0) is 4.79 Å². The monoisotopic (exact) mass is 633 g/mol. The zero-order valence-corrected chi connectivity index (χ0v) is 26.2. The van der Waals surface area contributed by atoms with Crippen molar-refractivity contribution in [3.63, 3.8) is 0 Å². The van der Waals surface area contributed by atoms with E-state index in [2.05, 4.69) is 11.5 Å². The van der Waals surface area contributed by atoms with Crippen molar-refractivity contribution in [3.05, 3.63) is 65.2 Å². The minimum Gasteiger partial charge on any atom is -0.371 e. The van der Waals surface area contributed by atoms with Gasteiger partial charge < -0.3 is 19.8 Å². The van der Waals surface area contributed by atoms with E-state index < -0.39 is 23.3 Å². The van der Waals surface area contributed by atoms with Crippen LogP contribution in [0.2, 0.25) is 5.02 Å². The van der Waals surface area contributed by atoms with E-state index in [-0.39, 0.29) is 19.0 Å². The maximum absolute atomic E-state index is 14.1. The minimum atomic E-state index is -5.18. The standard InChI is InChI=1S/C34H43ClF3N3O3/c1-3-5-7-26(4-2)33(44,34(36,37)38)31(43)40-20-12-25(13-21-40)24-10-18-39(19-11-24)27-8-9-28(29(35)22-27)30(42)41-17-6-14-32(23-41)15-16-32/h3-5,7-9,22,24-25,44H,2,6,10-21,23H2,1H3/b5-3-,26-7+/t33-/m1/s1. The Morgan fingerprint density at radius 3 is 2.18 bits per heavy atom. The normalized spacial score (nSPS) is 23.2. The van der Waals surface area contributed by atoms with Gasteiger partial charge in [0.05, 0.1) is 10.6 Å². The van der Waals surface area contributed by atoms with Crippen molar-refractivity contribution in [1.82, 2.24) is 9.80 Å². The minimum absolute atomic E-state index is 0.0132. The summed E-state index contributed by atoms with van der Waals surface area (Å²) in [6.45, 7) is 8.61. The smallest absolute Gasteiger partial charge is 0.371 e. The van der Waals surface area contributed by atoms with Crippen molar-refractivity contribution < 1.29 is 27.9 Å². The summed E-state index contributed by atoms with van der Waals surface area (Å²) < 4.78 is 42.2. The van der Waals surface area contributed by atoms with Crippen LogP contribution in [0.25, 0.3) is 0 Å². The van der Waals surface area contributed by atoms with E-state index in [1.54, 1.807) is 6.92 Å². The molecule has 0 bridgehead atoms. The average molecular weight is 634 g/mol. The fraction of sp³-hybridized carbons (Fsp3) is 0.588. The molecule has 0 aromatic heterocycles. The maximum atomic E-state index is 14.1. The number of carbonyl (C=O) groups excluding carboxylic acids is 2. The topological polar surface area (TPSA) is 64.1 Å². The molecule has 3 saturated heterocycles. The summed E-state index contributed by atoms with van der Waals surface area (Å²) in [5, 5.41) is 11.2. The molecule has 2 amide bonds. The van der Waals surface area contributed by atoms with Crippen LogP contribution in [0.3, 0.4) is 0 Å². The summed E-state index contributed by atoms with van der Waals surface area (Å²) in [4.78, 5) is 31.7. The number of hydrogen-bond donors (Lipinski definition) is 1. The van der Waals surface area contributed by atoms with Gasteiger partial charge in [0.25, 0.3) is 17.4 Å². The van der Waals surface area contributed by atoms with Gasteiger partial charge in [0.1, 0.15) is 0 Å². The van der Waals surface area contributed by atoms with Gasteiger partial charge >= 0.3 is 6.18 Å². The van der Waals surface area contributed by atoms with Crippen LogP contribution in [0.15, 0.2) is 54.7 Å². The number of aliphatic hydroxyl groups is 1. The van der Waals surface area contributed by atoms with Crippen molar-refractivity contribution in [2.24, 2.45) is 17.3 Å². The third-order valence-corrected chi connectivity index (χ3v) is 10.6. The molecule has 1 aliphatic carbocycles. The SMILES string of the molecule is C=C/C(=C\C=C/C)[C@@](O)(C(=O)N1CCC(C2CCN(c3ccc(C(=O)N4CCCC5(CC5)C4)c(Cl)c3)CC2)CC1)C(F)(F)F. The first-order chi connectivity index (χ1) is 20.9. The Hall–Kier alpha value is -2.78. The number of rotatable bonds is 7. The number of alkyl halides is 3. The maximum Gasteiger partial charge on any atom is 0.430 e.